The van der Waals surface area contributed by atoms with Crippen molar-refractivity contribution in [1.29, 1.82) is 0 Å². The number of nitrogens with one attached hydrogen (secondary N) is 2. The average molecular weight is 489 g/mol. The van der Waals surface area contributed by atoms with Gasteiger partial charge in [-0.1, -0.05) is 38.4 Å². The van der Waals surface area contributed by atoms with Crippen molar-refractivity contribution in [2.45, 2.75) is 26.2 Å². The van der Waals surface area contributed by atoms with E-state index >= 15 is 0 Å². The van der Waals surface area contributed by atoms with E-state index in [0.29, 0.717) is 11.3 Å². The number of anilines is 1. The summed E-state index contributed by atoms with van der Waals surface area (Å²) in [6, 6.07) is 10.6. The minimum atomic E-state index is -0.325. The standard InChI is InChI=1S/C18H18ClIN2O2S/c1-18(2,3)11-8-13(19)15(23)14(9-11)21-17(25)22-16(24)10-5-4-6-12(20)7-10/h4-9,23H,1-3H3,(H2,21,22,24,25). The van der Waals surface area contributed by atoms with Gasteiger partial charge in [-0.2, -0.15) is 0 Å². The van der Waals surface area contributed by atoms with Gasteiger partial charge < -0.3 is 10.4 Å². The van der Waals surface area contributed by atoms with Crippen LogP contribution in [0.15, 0.2) is 36.4 Å². The lowest BCUT2D eigenvalue weighted by Gasteiger charge is -2.21. The molecule has 1 amide bonds. The molecular formula is C18H18ClIN2O2S. The van der Waals surface area contributed by atoms with E-state index in [-0.39, 0.29) is 27.2 Å². The normalized spacial score (nSPS) is 11.1. The Morgan fingerprint density at radius 1 is 1.24 bits per heavy atom. The van der Waals surface area contributed by atoms with Gasteiger partial charge in [0.1, 0.15) is 0 Å². The van der Waals surface area contributed by atoms with Crippen LogP contribution in [-0.4, -0.2) is 16.1 Å². The van der Waals surface area contributed by atoms with Gasteiger partial charge in [0, 0.05) is 9.13 Å². The fourth-order valence-electron chi connectivity index (χ4n) is 2.09. The molecule has 7 heteroatoms. The lowest BCUT2D eigenvalue weighted by atomic mass is 9.87. The summed E-state index contributed by atoms with van der Waals surface area (Å²) in [6.45, 7) is 6.11. The molecule has 25 heavy (non-hydrogen) atoms. The van der Waals surface area contributed by atoms with Gasteiger partial charge in [0.05, 0.1) is 10.7 Å². The number of carbonyl (C=O) groups is 1. The van der Waals surface area contributed by atoms with Crippen LogP contribution in [0.3, 0.4) is 0 Å². The summed E-state index contributed by atoms with van der Waals surface area (Å²) in [5.41, 5.74) is 1.64. The second-order valence-electron chi connectivity index (χ2n) is 6.52. The summed E-state index contributed by atoms with van der Waals surface area (Å²) in [6.07, 6.45) is 0. The zero-order chi connectivity index (χ0) is 18.8. The number of hydrogen-bond acceptors (Lipinski definition) is 3. The van der Waals surface area contributed by atoms with Crippen molar-refractivity contribution < 1.29 is 9.90 Å². The first-order chi connectivity index (χ1) is 11.6. The first kappa shape index (κ1) is 19.9. The Hall–Kier alpha value is -1.38. The van der Waals surface area contributed by atoms with Gasteiger partial charge in [-0.3, -0.25) is 10.1 Å². The molecule has 2 aromatic rings. The SMILES string of the molecule is CC(C)(C)c1cc(Cl)c(O)c(NC(=S)NC(=O)c2cccc(I)c2)c1. The molecule has 132 valence electrons. The first-order valence-electron chi connectivity index (χ1n) is 7.49. The van der Waals surface area contributed by atoms with Crippen LogP contribution in [0.25, 0.3) is 0 Å². The Morgan fingerprint density at radius 3 is 2.52 bits per heavy atom. The maximum atomic E-state index is 12.2. The van der Waals surface area contributed by atoms with Crippen LogP contribution < -0.4 is 10.6 Å². The van der Waals surface area contributed by atoms with Gasteiger partial charge >= 0.3 is 0 Å². The van der Waals surface area contributed by atoms with Crippen molar-refractivity contribution in [3.8, 4) is 5.75 Å². The highest BCUT2D eigenvalue weighted by molar-refractivity contribution is 14.1. The largest absolute Gasteiger partial charge is 0.504 e. The predicted octanol–water partition coefficient (Wildman–Crippen LogP) is 5.07. The molecule has 0 fully saturated rings. The van der Waals surface area contributed by atoms with Crippen molar-refractivity contribution in [2.24, 2.45) is 0 Å². The van der Waals surface area contributed by atoms with Crippen molar-refractivity contribution in [1.82, 2.24) is 5.32 Å². The number of rotatable bonds is 2. The van der Waals surface area contributed by atoms with E-state index in [1.165, 1.54) is 0 Å². The highest BCUT2D eigenvalue weighted by Gasteiger charge is 2.19. The summed E-state index contributed by atoms with van der Waals surface area (Å²) in [5.74, 6) is -0.436. The molecular weight excluding hydrogens is 471 g/mol. The summed E-state index contributed by atoms with van der Waals surface area (Å²) in [5, 5.41) is 15.9. The summed E-state index contributed by atoms with van der Waals surface area (Å²) in [7, 11) is 0. The fourth-order valence-corrected chi connectivity index (χ4v) is 3.05. The molecule has 0 unspecified atom stereocenters. The zero-order valence-corrected chi connectivity index (χ0v) is 17.7. The Kier molecular flexibility index (Phi) is 6.29. The maximum Gasteiger partial charge on any atom is 0.257 e. The molecule has 3 N–H and O–H groups in total. The quantitative estimate of drug-likeness (QED) is 0.314. The third kappa shape index (κ3) is 5.29. The lowest BCUT2D eigenvalue weighted by molar-refractivity contribution is 0.0977. The van der Waals surface area contributed by atoms with E-state index in [1.807, 2.05) is 26.8 Å². The van der Waals surface area contributed by atoms with Crippen molar-refractivity contribution >= 4 is 63.1 Å². The number of amides is 1. The molecule has 0 spiro atoms. The van der Waals surface area contributed by atoms with Crippen molar-refractivity contribution in [2.75, 3.05) is 5.32 Å². The minimum Gasteiger partial charge on any atom is -0.504 e. The molecule has 0 aliphatic heterocycles. The number of phenols is 1. The molecule has 0 bridgehead atoms. The number of benzene rings is 2. The van der Waals surface area contributed by atoms with Crippen LogP contribution in [0, 0.1) is 3.57 Å². The second-order valence-corrected chi connectivity index (χ2v) is 8.58. The summed E-state index contributed by atoms with van der Waals surface area (Å²) >= 11 is 13.4. The second kappa shape index (κ2) is 7.88. The van der Waals surface area contributed by atoms with E-state index in [2.05, 4.69) is 33.2 Å². The number of phenolic OH excluding ortho intramolecular Hbond substituents is 1. The molecule has 4 nitrogen and oxygen atoms in total. The highest BCUT2D eigenvalue weighted by Crippen LogP contribution is 2.37. The molecule has 0 saturated heterocycles. The highest BCUT2D eigenvalue weighted by atomic mass is 127. The molecule has 0 radical (unpaired) electrons. The number of halogens is 2. The number of aromatic hydroxyl groups is 1. The number of carbonyl (C=O) groups excluding carboxylic acids is 1. The van der Waals surface area contributed by atoms with Gasteiger partial charge in [0.15, 0.2) is 10.9 Å². The number of thiocarbonyl (C=S) groups is 1. The van der Waals surface area contributed by atoms with Gasteiger partial charge in [0.25, 0.3) is 5.91 Å². The van der Waals surface area contributed by atoms with Gasteiger partial charge in [-0.25, -0.2) is 0 Å². The van der Waals surface area contributed by atoms with Gasteiger partial charge in [-0.05, 0) is 76.1 Å². The first-order valence-corrected chi connectivity index (χ1v) is 9.35. The Morgan fingerprint density at radius 2 is 1.92 bits per heavy atom. The van der Waals surface area contributed by atoms with Crippen molar-refractivity contribution in [3.63, 3.8) is 0 Å². The van der Waals surface area contributed by atoms with E-state index < -0.39 is 0 Å². The monoisotopic (exact) mass is 488 g/mol. The Bertz CT molecular complexity index is 834. The lowest BCUT2D eigenvalue weighted by Crippen LogP contribution is -2.34. The third-order valence-electron chi connectivity index (χ3n) is 3.49. The van der Waals surface area contributed by atoms with Crippen molar-refractivity contribution in [3.05, 3.63) is 56.1 Å². The minimum absolute atomic E-state index is 0.0845. The third-order valence-corrected chi connectivity index (χ3v) is 4.65. The van der Waals surface area contributed by atoms with Crippen LogP contribution >= 0.6 is 46.4 Å². The summed E-state index contributed by atoms with van der Waals surface area (Å²) < 4.78 is 0.950. The van der Waals surface area contributed by atoms with Crippen LogP contribution in [0.2, 0.25) is 5.02 Å². The molecule has 0 aliphatic carbocycles. The average Bonchev–Trinajstić information content (AvgIpc) is 2.50. The molecule has 0 atom stereocenters. The topological polar surface area (TPSA) is 61.4 Å². The summed E-state index contributed by atoms with van der Waals surface area (Å²) in [4.78, 5) is 12.2. The van der Waals surface area contributed by atoms with E-state index in [4.69, 9.17) is 23.8 Å². The Balaban J connectivity index is 2.18. The molecule has 0 aliphatic rings. The zero-order valence-electron chi connectivity index (χ0n) is 14.0. The van der Waals surface area contributed by atoms with Gasteiger partial charge in [0.2, 0.25) is 0 Å². The van der Waals surface area contributed by atoms with Crippen LogP contribution in [0.5, 0.6) is 5.75 Å². The van der Waals surface area contributed by atoms with Gasteiger partial charge in [-0.15, -0.1) is 0 Å². The molecule has 2 aromatic carbocycles. The molecule has 0 saturated carbocycles. The van der Waals surface area contributed by atoms with E-state index in [0.717, 1.165) is 9.13 Å². The van der Waals surface area contributed by atoms with Crippen LogP contribution in [0.1, 0.15) is 36.7 Å². The predicted molar refractivity (Wildman–Crippen MR) is 115 cm³/mol. The fraction of sp³-hybridized carbons (Fsp3) is 0.222. The molecule has 0 aromatic heterocycles. The maximum absolute atomic E-state index is 12.2. The molecule has 0 heterocycles. The number of hydrogen-bond donors (Lipinski definition) is 3. The molecule has 2 rings (SSSR count). The van der Waals surface area contributed by atoms with E-state index in [1.54, 1.807) is 30.3 Å². The smallest absolute Gasteiger partial charge is 0.257 e. The van der Waals surface area contributed by atoms with Crippen LogP contribution in [0.4, 0.5) is 5.69 Å². The van der Waals surface area contributed by atoms with Crippen LogP contribution in [-0.2, 0) is 5.41 Å². The van der Waals surface area contributed by atoms with E-state index in [9.17, 15) is 9.90 Å². The Labute approximate surface area is 171 Å².